The highest BCUT2D eigenvalue weighted by Crippen LogP contribution is 2.29. The molecular formula is C23H25ClF2N2O5S. The van der Waals surface area contributed by atoms with Gasteiger partial charge in [0.05, 0.1) is 22.1 Å². The fourth-order valence-corrected chi connectivity index (χ4v) is 4.85. The molecule has 11 heteroatoms. The lowest BCUT2D eigenvalue weighted by Crippen LogP contribution is -2.48. The van der Waals surface area contributed by atoms with Crippen molar-refractivity contribution in [1.29, 1.82) is 0 Å². The van der Waals surface area contributed by atoms with Gasteiger partial charge < -0.3 is 15.3 Å². The summed E-state index contributed by atoms with van der Waals surface area (Å²) in [4.78, 5) is 27.6. The van der Waals surface area contributed by atoms with E-state index in [-0.39, 0.29) is 28.5 Å². The Labute approximate surface area is 201 Å². The lowest BCUT2D eigenvalue weighted by atomic mass is 10.00. The van der Waals surface area contributed by atoms with Crippen LogP contribution in [0.4, 0.5) is 8.78 Å². The van der Waals surface area contributed by atoms with Crippen LogP contribution in [0.25, 0.3) is 0 Å². The summed E-state index contributed by atoms with van der Waals surface area (Å²) in [6, 6.07) is 4.85. The molecule has 1 aliphatic heterocycles. The third-order valence-corrected chi connectivity index (χ3v) is 7.14. The number of hydrogen-bond acceptors (Lipinski definition) is 5. The zero-order valence-corrected chi connectivity index (χ0v) is 20.3. The van der Waals surface area contributed by atoms with E-state index in [4.69, 9.17) is 11.6 Å². The first-order valence-electron chi connectivity index (χ1n) is 10.5. The number of nitrogens with zero attached hydrogens (tertiary/aromatic N) is 1. The van der Waals surface area contributed by atoms with Crippen molar-refractivity contribution in [1.82, 2.24) is 10.2 Å². The highest BCUT2D eigenvalue weighted by Gasteiger charge is 2.39. The smallest absolute Gasteiger partial charge is 0.254 e. The maximum Gasteiger partial charge on any atom is 0.254 e. The predicted octanol–water partition coefficient (Wildman–Crippen LogP) is 3.11. The minimum atomic E-state index is -3.54. The highest BCUT2D eigenvalue weighted by molar-refractivity contribution is 7.90. The second-order valence-electron chi connectivity index (χ2n) is 8.63. The molecule has 1 fully saturated rings. The fourth-order valence-electron chi connectivity index (χ4n) is 4.03. The Hall–Kier alpha value is -2.56. The summed E-state index contributed by atoms with van der Waals surface area (Å²) in [5.74, 6) is -3.05. The Balaban J connectivity index is 1.88. The van der Waals surface area contributed by atoms with Crippen molar-refractivity contribution in [3.63, 3.8) is 0 Å². The maximum atomic E-state index is 14.5. The minimum absolute atomic E-state index is 0.0268. The van der Waals surface area contributed by atoms with Gasteiger partial charge >= 0.3 is 0 Å². The molecule has 2 aromatic rings. The molecule has 2 N–H and O–H groups in total. The van der Waals surface area contributed by atoms with E-state index in [1.807, 2.05) is 6.92 Å². The van der Waals surface area contributed by atoms with E-state index < -0.39 is 56.5 Å². The number of halogens is 3. The second kappa shape index (κ2) is 9.97. The van der Waals surface area contributed by atoms with Gasteiger partial charge in [0.25, 0.3) is 5.91 Å². The van der Waals surface area contributed by atoms with Crippen LogP contribution in [0.5, 0.6) is 0 Å². The summed E-state index contributed by atoms with van der Waals surface area (Å²) in [5.41, 5.74) is -0.178. The second-order valence-corrected chi connectivity index (χ2v) is 11.1. The van der Waals surface area contributed by atoms with E-state index in [9.17, 15) is 31.9 Å². The molecule has 184 valence electrons. The normalized spacial score (nSPS) is 20.1. The molecule has 7 nitrogen and oxygen atoms in total. The van der Waals surface area contributed by atoms with Gasteiger partial charge in [0.1, 0.15) is 17.7 Å². The first kappa shape index (κ1) is 26.1. The summed E-state index contributed by atoms with van der Waals surface area (Å²) >= 11 is 5.60. The van der Waals surface area contributed by atoms with Crippen molar-refractivity contribution in [2.24, 2.45) is 5.92 Å². The average Bonchev–Trinajstić information content (AvgIpc) is 3.15. The minimum Gasteiger partial charge on any atom is -0.391 e. The Morgan fingerprint density at radius 3 is 2.50 bits per heavy atom. The van der Waals surface area contributed by atoms with Gasteiger partial charge in [-0.05, 0) is 49.6 Å². The van der Waals surface area contributed by atoms with E-state index >= 15 is 0 Å². The Bertz CT molecular complexity index is 1220. The molecule has 3 rings (SSSR count). The third-order valence-electron chi connectivity index (χ3n) is 5.74. The van der Waals surface area contributed by atoms with Crippen LogP contribution in [0.2, 0.25) is 5.02 Å². The molecule has 34 heavy (non-hydrogen) atoms. The van der Waals surface area contributed by atoms with Crippen molar-refractivity contribution in [2.45, 2.75) is 43.4 Å². The van der Waals surface area contributed by atoms with E-state index in [0.29, 0.717) is 6.42 Å². The van der Waals surface area contributed by atoms with Crippen molar-refractivity contribution in [3.05, 3.63) is 64.2 Å². The molecule has 0 aromatic heterocycles. The van der Waals surface area contributed by atoms with Crippen molar-refractivity contribution in [2.75, 3.05) is 12.8 Å². The van der Waals surface area contributed by atoms with Gasteiger partial charge in [-0.2, -0.15) is 0 Å². The zero-order chi connectivity index (χ0) is 25.4. The van der Waals surface area contributed by atoms with Gasteiger partial charge in [-0.1, -0.05) is 24.6 Å². The average molecular weight is 515 g/mol. The van der Waals surface area contributed by atoms with E-state index in [2.05, 4.69) is 5.32 Å². The summed E-state index contributed by atoms with van der Waals surface area (Å²) in [5, 5.41) is 12.3. The van der Waals surface area contributed by atoms with Crippen LogP contribution in [0.15, 0.2) is 41.3 Å². The molecular weight excluding hydrogens is 490 g/mol. The molecule has 1 saturated heterocycles. The van der Waals surface area contributed by atoms with Gasteiger partial charge in [0, 0.05) is 23.9 Å². The number of aliphatic hydroxyl groups is 1. The highest BCUT2D eigenvalue weighted by atomic mass is 35.5. The Kier molecular flexibility index (Phi) is 7.64. The molecule has 2 unspecified atom stereocenters. The van der Waals surface area contributed by atoms with Crippen LogP contribution in [-0.2, 0) is 14.6 Å². The molecule has 1 aliphatic rings. The number of sulfone groups is 1. The molecule has 0 aliphatic carbocycles. The number of aliphatic hydroxyl groups excluding tert-OH is 1. The quantitative estimate of drug-likeness (QED) is 0.576. The Morgan fingerprint density at radius 2 is 1.88 bits per heavy atom. The number of nitrogens with one attached hydrogen (secondary N) is 1. The van der Waals surface area contributed by atoms with Crippen LogP contribution in [0.1, 0.15) is 42.2 Å². The number of carbonyl (C=O) groups excluding carboxylic acids is 2. The molecule has 0 radical (unpaired) electrons. The lowest BCUT2D eigenvalue weighted by Gasteiger charge is -2.28. The molecule has 0 saturated carbocycles. The standard InChI is InChI=1S/C23H25ClF2N2O5S/c1-12-7-20(28(11-12)23(31)14-5-4-6-15(8-14)34(3,32)33)22(30)27-21(13(2)29)16-9-19(26)17(24)10-18(16)25/h4-6,8-10,12-13,20-21,29H,7,11H2,1-3H3,(H,27,30)/t12-,13?,20-,21?/m1/s1. The molecule has 2 amide bonds. The Morgan fingerprint density at radius 1 is 1.21 bits per heavy atom. The number of benzene rings is 2. The summed E-state index contributed by atoms with van der Waals surface area (Å²) in [6.45, 7) is 3.40. The summed E-state index contributed by atoms with van der Waals surface area (Å²) in [7, 11) is -3.54. The van der Waals surface area contributed by atoms with Crippen molar-refractivity contribution in [3.8, 4) is 0 Å². The number of hydrogen-bond donors (Lipinski definition) is 2. The molecule has 4 atom stereocenters. The monoisotopic (exact) mass is 514 g/mol. The first-order valence-corrected chi connectivity index (χ1v) is 12.8. The molecule has 1 heterocycles. The zero-order valence-electron chi connectivity index (χ0n) is 18.8. The maximum absolute atomic E-state index is 14.5. The number of rotatable bonds is 6. The van der Waals surface area contributed by atoms with E-state index in [0.717, 1.165) is 18.4 Å². The molecule has 0 bridgehead atoms. The summed E-state index contributed by atoms with van der Waals surface area (Å²) < 4.78 is 52.2. The van der Waals surface area contributed by atoms with Gasteiger partial charge in [-0.25, -0.2) is 17.2 Å². The number of amides is 2. The third kappa shape index (κ3) is 5.56. The van der Waals surface area contributed by atoms with Crippen LogP contribution < -0.4 is 5.32 Å². The van der Waals surface area contributed by atoms with Gasteiger partial charge in [-0.15, -0.1) is 0 Å². The first-order chi connectivity index (χ1) is 15.8. The van der Waals surface area contributed by atoms with Crippen molar-refractivity contribution >= 4 is 33.3 Å². The summed E-state index contributed by atoms with van der Waals surface area (Å²) in [6.07, 6.45) is 0.0426. The molecule has 2 aromatic carbocycles. The van der Waals surface area contributed by atoms with E-state index in [1.54, 1.807) is 0 Å². The number of carbonyl (C=O) groups is 2. The van der Waals surface area contributed by atoms with Gasteiger partial charge in [0.2, 0.25) is 5.91 Å². The van der Waals surface area contributed by atoms with Crippen molar-refractivity contribution < 1.29 is 31.9 Å². The molecule has 0 spiro atoms. The predicted molar refractivity (Wildman–Crippen MR) is 122 cm³/mol. The van der Waals surface area contributed by atoms with E-state index in [1.165, 1.54) is 36.1 Å². The fraction of sp³-hybridized carbons (Fsp3) is 0.391. The lowest BCUT2D eigenvalue weighted by molar-refractivity contribution is -0.126. The largest absolute Gasteiger partial charge is 0.391 e. The van der Waals surface area contributed by atoms with Crippen LogP contribution in [0, 0.1) is 17.6 Å². The van der Waals surface area contributed by atoms with Gasteiger partial charge in [-0.3, -0.25) is 9.59 Å². The SMILES string of the molecule is CC(O)C(NC(=O)[C@H]1C[C@@H](C)CN1C(=O)c1cccc(S(C)(=O)=O)c1)c1cc(F)c(Cl)cc1F. The van der Waals surface area contributed by atoms with Gasteiger partial charge in [0.15, 0.2) is 9.84 Å². The topological polar surface area (TPSA) is 104 Å². The number of likely N-dealkylation sites (tertiary alicyclic amines) is 1. The van der Waals surface area contributed by atoms with Crippen LogP contribution >= 0.6 is 11.6 Å². The van der Waals surface area contributed by atoms with Crippen LogP contribution in [-0.4, -0.2) is 55.2 Å². The van der Waals surface area contributed by atoms with Crippen LogP contribution in [0.3, 0.4) is 0 Å².